The molecular formula is C28H30Cl2N4O2. The summed E-state index contributed by atoms with van der Waals surface area (Å²) in [5, 5.41) is 11.7. The summed E-state index contributed by atoms with van der Waals surface area (Å²) in [5.41, 5.74) is 2.68. The molecule has 188 valence electrons. The van der Waals surface area contributed by atoms with Crippen molar-refractivity contribution >= 4 is 40.5 Å². The van der Waals surface area contributed by atoms with Gasteiger partial charge in [0.25, 0.3) is 5.91 Å². The largest absolute Gasteiger partial charge is 0.619 e. The average molecular weight is 525 g/mol. The van der Waals surface area contributed by atoms with E-state index in [1.165, 1.54) is 23.8 Å². The van der Waals surface area contributed by atoms with Crippen LogP contribution in [0.4, 0.5) is 11.4 Å². The molecule has 0 atom stereocenters. The number of anilines is 2. The van der Waals surface area contributed by atoms with Crippen molar-refractivity contribution in [2.45, 2.75) is 37.8 Å². The van der Waals surface area contributed by atoms with Crippen molar-refractivity contribution in [3.05, 3.63) is 93.9 Å². The summed E-state index contributed by atoms with van der Waals surface area (Å²) in [7, 11) is 0. The molecule has 2 aliphatic heterocycles. The van der Waals surface area contributed by atoms with Crippen LogP contribution < -0.4 is 9.63 Å². The molecule has 0 N–H and O–H groups in total. The first-order chi connectivity index (χ1) is 17.5. The quantitative estimate of drug-likeness (QED) is 0.325. The van der Waals surface area contributed by atoms with Gasteiger partial charge in [-0.1, -0.05) is 59.6 Å². The molecule has 6 nitrogen and oxygen atoms in total. The fourth-order valence-corrected chi connectivity index (χ4v) is 6.16. The summed E-state index contributed by atoms with van der Waals surface area (Å²) in [5.74, 6) is -0.205. The number of amides is 1. The number of carbonyl (C=O) groups excluding carboxylic acids is 1. The molecule has 2 aliphatic rings. The van der Waals surface area contributed by atoms with E-state index in [2.05, 4.69) is 70.5 Å². The Labute approximate surface area is 222 Å². The zero-order chi connectivity index (χ0) is 25.1. The minimum Gasteiger partial charge on any atom is -0.619 e. The van der Waals surface area contributed by atoms with Crippen LogP contribution in [-0.2, 0) is 0 Å². The van der Waals surface area contributed by atoms with Gasteiger partial charge in [0.05, 0.1) is 5.56 Å². The van der Waals surface area contributed by atoms with Gasteiger partial charge >= 0.3 is 0 Å². The Morgan fingerprint density at radius 2 is 1.31 bits per heavy atom. The molecule has 1 aromatic heterocycles. The van der Waals surface area contributed by atoms with Gasteiger partial charge in [-0.2, -0.15) is 4.73 Å². The number of nitrogens with zero attached hydrogens (tertiary/aromatic N) is 4. The third-order valence-electron chi connectivity index (χ3n) is 7.37. The van der Waals surface area contributed by atoms with Crippen molar-refractivity contribution in [2.75, 3.05) is 31.1 Å². The molecule has 2 fully saturated rings. The Kier molecular flexibility index (Phi) is 7.65. The number of carbonyl (C=O) groups is 1. The van der Waals surface area contributed by atoms with Crippen LogP contribution in [0, 0.1) is 5.21 Å². The minimum absolute atomic E-state index is 0.0908. The average Bonchev–Trinajstić information content (AvgIpc) is 2.90. The Morgan fingerprint density at radius 1 is 0.806 bits per heavy atom. The van der Waals surface area contributed by atoms with Crippen molar-refractivity contribution in [1.29, 1.82) is 0 Å². The van der Waals surface area contributed by atoms with Crippen molar-refractivity contribution in [2.24, 2.45) is 0 Å². The highest BCUT2D eigenvalue weighted by Gasteiger charge is 2.33. The third-order valence-corrected chi connectivity index (χ3v) is 7.95. The Balaban J connectivity index is 1.20. The first-order valence-electron chi connectivity index (χ1n) is 12.5. The fourth-order valence-electron chi connectivity index (χ4n) is 5.56. The summed E-state index contributed by atoms with van der Waals surface area (Å²) < 4.78 is 0.522. The van der Waals surface area contributed by atoms with Gasteiger partial charge in [0.15, 0.2) is 12.4 Å². The lowest BCUT2D eigenvalue weighted by Crippen LogP contribution is -2.51. The summed E-state index contributed by atoms with van der Waals surface area (Å²) in [6, 6.07) is 22.2. The van der Waals surface area contributed by atoms with Crippen LogP contribution in [0.15, 0.2) is 73.1 Å². The number of pyridine rings is 1. The number of hydrogen-bond donors (Lipinski definition) is 0. The van der Waals surface area contributed by atoms with Crippen LogP contribution in [-0.4, -0.2) is 54.0 Å². The molecule has 5 rings (SSSR count). The van der Waals surface area contributed by atoms with Crippen molar-refractivity contribution in [1.82, 2.24) is 9.80 Å². The Hall–Kier alpha value is -2.80. The number of benzene rings is 2. The third kappa shape index (κ3) is 5.31. The van der Waals surface area contributed by atoms with Crippen LogP contribution in [0.5, 0.6) is 0 Å². The molecule has 1 amide bonds. The van der Waals surface area contributed by atoms with Gasteiger partial charge in [0.2, 0.25) is 0 Å². The second-order valence-corrected chi connectivity index (χ2v) is 10.3. The van der Waals surface area contributed by atoms with Gasteiger partial charge in [-0.15, -0.1) is 0 Å². The molecule has 3 heterocycles. The van der Waals surface area contributed by atoms with E-state index in [-0.39, 0.29) is 21.5 Å². The van der Waals surface area contributed by atoms with Crippen LogP contribution >= 0.6 is 23.2 Å². The van der Waals surface area contributed by atoms with E-state index < -0.39 is 0 Å². The molecule has 0 unspecified atom stereocenters. The van der Waals surface area contributed by atoms with Gasteiger partial charge in [-0.3, -0.25) is 4.79 Å². The van der Waals surface area contributed by atoms with Crippen molar-refractivity contribution < 1.29 is 9.52 Å². The predicted octanol–water partition coefficient (Wildman–Crippen LogP) is 5.53. The summed E-state index contributed by atoms with van der Waals surface area (Å²) in [6.45, 7) is 3.39. The second-order valence-electron chi connectivity index (χ2n) is 9.52. The van der Waals surface area contributed by atoms with E-state index in [1.807, 2.05) is 0 Å². The van der Waals surface area contributed by atoms with Gasteiger partial charge in [0.1, 0.15) is 10.0 Å². The highest BCUT2D eigenvalue weighted by molar-refractivity contribution is 6.39. The number of likely N-dealkylation sites (tertiary alicyclic amines) is 2. The predicted molar refractivity (Wildman–Crippen MR) is 144 cm³/mol. The molecule has 0 bridgehead atoms. The number of aromatic nitrogens is 1. The highest BCUT2D eigenvalue weighted by Crippen LogP contribution is 2.33. The number of para-hydroxylation sites is 2. The van der Waals surface area contributed by atoms with E-state index in [0.717, 1.165) is 38.8 Å². The van der Waals surface area contributed by atoms with E-state index in [9.17, 15) is 10.0 Å². The van der Waals surface area contributed by atoms with E-state index in [4.69, 9.17) is 23.2 Å². The maximum absolute atomic E-state index is 13.0. The van der Waals surface area contributed by atoms with Crippen LogP contribution in [0.25, 0.3) is 0 Å². The zero-order valence-electron chi connectivity index (χ0n) is 20.1. The van der Waals surface area contributed by atoms with Crippen molar-refractivity contribution in [3.63, 3.8) is 0 Å². The van der Waals surface area contributed by atoms with E-state index >= 15 is 0 Å². The molecular weight excluding hydrogens is 495 g/mol. The van der Waals surface area contributed by atoms with Crippen LogP contribution in [0.1, 0.15) is 36.0 Å². The molecule has 0 radical (unpaired) electrons. The SMILES string of the molecule is O=C(c1c(Cl)c[n+]([O-])cc1Cl)N1CCC(N2CCC(N(c3ccccc3)c3ccccc3)CC2)CC1. The van der Waals surface area contributed by atoms with Gasteiger partial charge < -0.3 is 19.9 Å². The first-order valence-corrected chi connectivity index (χ1v) is 13.3. The smallest absolute Gasteiger partial charge is 0.257 e. The summed E-state index contributed by atoms with van der Waals surface area (Å²) in [4.78, 5) is 19.9. The van der Waals surface area contributed by atoms with E-state index in [0.29, 0.717) is 29.9 Å². The van der Waals surface area contributed by atoms with Crippen molar-refractivity contribution in [3.8, 4) is 0 Å². The Bertz CT molecular complexity index is 1120. The van der Waals surface area contributed by atoms with Gasteiger partial charge in [-0.05, 0) is 49.9 Å². The topological polar surface area (TPSA) is 53.7 Å². The molecule has 0 saturated carbocycles. The maximum Gasteiger partial charge on any atom is 0.257 e. The lowest BCUT2D eigenvalue weighted by Gasteiger charge is -2.44. The summed E-state index contributed by atoms with van der Waals surface area (Å²) >= 11 is 12.3. The maximum atomic E-state index is 13.0. The monoisotopic (exact) mass is 524 g/mol. The lowest BCUT2D eigenvalue weighted by atomic mass is 9.96. The van der Waals surface area contributed by atoms with Gasteiger partial charge in [-0.25, -0.2) is 0 Å². The molecule has 3 aromatic rings. The standard InChI is InChI=1S/C28H30Cl2N4O2/c29-25-19-33(36)20-26(30)27(25)28(35)32-17-11-21(12-18-32)31-15-13-24(14-16-31)34(22-7-3-1-4-8-22)23-9-5-2-6-10-23/h1-10,19-21,24H,11-18H2. The zero-order valence-corrected chi connectivity index (χ0v) is 21.6. The van der Waals surface area contributed by atoms with Crippen LogP contribution in [0.3, 0.4) is 0 Å². The first kappa shape index (κ1) is 24.9. The molecule has 2 aromatic carbocycles. The Morgan fingerprint density at radius 3 is 1.81 bits per heavy atom. The number of rotatable bonds is 5. The molecule has 0 aliphatic carbocycles. The minimum atomic E-state index is -0.205. The lowest BCUT2D eigenvalue weighted by molar-refractivity contribution is -0.605. The number of hydrogen-bond acceptors (Lipinski definition) is 4. The summed E-state index contributed by atoms with van der Waals surface area (Å²) in [6.07, 6.45) is 6.36. The van der Waals surface area contributed by atoms with Gasteiger partial charge in [0, 0.05) is 49.6 Å². The number of piperidine rings is 2. The molecule has 36 heavy (non-hydrogen) atoms. The number of halogens is 2. The van der Waals surface area contributed by atoms with Crippen LogP contribution in [0.2, 0.25) is 10.0 Å². The highest BCUT2D eigenvalue weighted by atomic mass is 35.5. The van der Waals surface area contributed by atoms with E-state index in [1.54, 1.807) is 4.90 Å². The fraction of sp³-hybridized carbons (Fsp3) is 0.357. The molecule has 0 spiro atoms. The second kappa shape index (κ2) is 11.1. The molecule has 8 heteroatoms. The molecule has 2 saturated heterocycles. The normalized spacial score (nSPS) is 17.8.